The summed E-state index contributed by atoms with van der Waals surface area (Å²) in [6.07, 6.45) is 1.69. The van der Waals surface area contributed by atoms with Crippen LogP contribution in [-0.4, -0.2) is 15.9 Å². The van der Waals surface area contributed by atoms with Gasteiger partial charge in [0.05, 0.1) is 28.7 Å². The zero-order valence-electron chi connectivity index (χ0n) is 10.5. The largest absolute Gasteiger partial charge is 0.396 e. The van der Waals surface area contributed by atoms with E-state index in [2.05, 4.69) is 15.3 Å². The molecule has 0 aliphatic carbocycles. The lowest BCUT2D eigenvalue weighted by Crippen LogP contribution is -2.05. The van der Waals surface area contributed by atoms with E-state index in [0.717, 1.165) is 4.88 Å². The van der Waals surface area contributed by atoms with E-state index < -0.39 is 0 Å². The molecule has 102 valence electrons. The van der Waals surface area contributed by atoms with Crippen molar-refractivity contribution in [2.45, 2.75) is 13.3 Å². The number of halogens is 1. The van der Waals surface area contributed by atoms with Gasteiger partial charge in [0.1, 0.15) is 0 Å². The first kappa shape index (κ1) is 14.2. The molecule has 0 unspecified atom stereocenters. The molecule has 0 atom stereocenters. The minimum absolute atomic E-state index is 0.133. The van der Waals surface area contributed by atoms with Gasteiger partial charge >= 0.3 is 0 Å². The number of nitrogens with one attached hydrogen (secondary N) is 1. The fourth-order valence-electron chi connectivity index (χ4n) is 1.57. The molecule has 0 aliphatic rings. The van der Waals surface area contributed by atoms with Crippen molar-refractivity contribution in [3.8, 4) is 16.5 Å². The number of carbonyl (C=O) groups excluding carboxylic acids is 1. The van der Waals surface area contributed by atoms with Crippen molar-refractivity contribution >= 4 is 39.7 Å². The van der Waals surface area contributed by atoms with E-state index in [0.29, 0.717) is 22.1 Å². The Labute approximate surface area is 124 Å². The van der Waals surface area contributed by atoms with Gasteiger partial charge in [0.2, 0.25) is 5.91 Å². The van der Waals surface area contributed by atoms with Crippen LogP contribution in [0.3, 0.4) is 0 Å². The molecule has 0 spiro atoms. The van der Waals surface area contributed by atoms with Crippen molar-refractivity contribution in [1.29, 1.82) is 5.26 Å². The number of amides is 1. The lowest BCUT2D eigenvalue weighted by Gasteiger charge is -2.02. The molecule has 2 aromatic rings. The van der Waals surface area contributed by atoms with Crippen LogP contribution in [0.15, 0.2) is 12.3 Å². The summed E-state index contributed by atoms with van der Waals surface area (Å²) in [5.74, 6) is -0.220. The number of rotatable bonds is 3. The second-order valence-electron chi connectivity index (χ2n) is 3.91. The van der Waals surface area contributed by atoms with Crippen LogP contribution in [0.25, 0.3) is 10.4 Å². The Hall–Kier alpha value is -2.17. The normalized spacial score (nSPS) is 10.1. The molecule has 1 amide bonds. The maximum absolute atomic E-state index is 11.1. The number of aromatic nitrogens is 2. The van der Waals surface area contributed by atoms with Crippen LogP contribution in [0.1, 0.15) is 12.6 Å². The van der Waals surface area contributed by atoms with Crippen molar-refractivity contribution in [3.05, 3.63) is 23.1 Å². The number of nitrogens with zero attached hydrogens (tertiary/aromatic N) is 3. The molecule has 0 aromatic carbocycles. The Morgan fingerprint density at radius 2 is 2.40 bits per heavy atom. The first-order valence-electron chi connectivity index (χ1n) is 5.57. The lowest BCUT2D eigenvalue weighted by molar-refractivity contribution is -0.114. The highest BCUT2D eigenvalue weighted by molar-refractivity contribution is 7.19. The zero-order valence-corrected chi connectivity index (χ0v) is 12.0. The highest BCUT2D eigenvalue weighted by atomic mass is 35.5. The van der Waals surface area contributed by atoms with E-state index in [-0.39, 0.29) is 17.5 Å². The van der Waals surface area contributed by atoms with E-state index in [1.165, 1.54) is 18.3 Å². The van der Waals surface area contributed by atoms with Gasteiger partial charge in [-0.3, -0.25) is 4.79 Å². The first-order valence-corrected chi connectivity index (χ1v) is 6.76. The van der Waals surface area contributed by atoms with Gasteiger partial charge in [0.25, 0.3) is 0 Å². The molecule has 0 fully saturated rings. The zero-order chi connectivity index (χ0) is 14.7. The van der Waals surface area contributed by atoms with Crippen LogP contribution >= 0.6 is 22.9 Å². The van der Waals surface area contributed by atoms with Crippen molar-refractivity contribution < 1.29 is 4.79 Å². The number of carbonyl (C=O) groups is 1. The third kappa shape index (κ3) is 3.04. The van der Waals surface area contributed by atoms with Gasteiger partial charge in [-0.1, -0.05) is 22.9 Å². The van der Waals surface area contributed by atoms with Crippen molar-refractivity contribution in [2.75, 3.05) is 11.1 Å². The minimum atomic E-state index is -0.220. The number of hydrogen-bond donors (Lipinski definition) is 2. The van der Waals surface area contributed by atoms with E-state index in [1.54, 1.807) is 12.3 Å². The SMILES string of the molecule is CC(=O)Nc1nc(CC#N)c(-c2cnc(Cl)c(N)c2)s1. The lowest BCUT2D eigenvalue weighted by atomic mass is 10.2. The molecule has 0 aliphatic heterocycles. The van der Waals surface area contributed by atoms with Gasteiger partial charge in [-0.2, -0.15) is 5.26 Å². The highest BCUT2D eigenvalue weighted by Crippen LogP contribution is 2.34. The fourth-order valence-corrected chi connectivity index (χ4v) is 2.68. The van der Waals surface area contributed by atoms with Gasteiger partial charge in [-0.05, 0) is 6.07 Å². The van der Waals surface area contributed by atoms with Gasteiger partial charge < -0.3 is 11.1 Å². The highest BCUT2D eigenvalue weighted by Gasteiger charge is 2.15. The number of nitrogen functional groups attached to an aromatic ring is 1. The van der Waals surface area contributed by atoms with Crippen LogP contribution < -0.4 is 11.1 Å². The molecule has 0 radical (unpaired) electrons. The molecule has 3 N–H and O–H groups in total. The number of nitriles is 1. The third-order valence-electron chi connectivity index (χ3n) is 2.36. The quantitative estimate of drug-likeness (QED) is 0.847. The molecule has 20 heavy (non-hydrogen) atoms. The minimum Gasteiger partial charge on any atom is -0.396 e. The first-order chi connectivity index (χ1) is 9.51. The Morgan fingerprint density at radius 3 is 3.00 bits per heavy atom. The van der Waals surface area contributed by atoms with Crippen LogP contribution in [0.5, 0.6) is 0 Å². The molecule has 2 heterocycles. The van der Waals surface area contributed by atoms with Crippen LogP contribution in [0, 0.1) is 11.3 Å². The number of anilines is 2. The van der Waals surface area contributed by atoms with Crippen LogP contribution in [-0.2, 0) is 11.2 Å². The van der Waals surface area contributed by atoms with Crippen LogP contribution in [0.2, 0.25) is 5.15 Å². The van der Waals surface area contributed by atoms with E-state index in [1.807, 2.05) is 6.07 Å². The summed E-state index contributed by atoms with van der Waals surface area (Å²) in [5.41, 5.74) is 7.36. The molecule has 6 nitrogen and oxygen atoms in total. The van der Waals surface area contributed by atoms with Crippen molar-refractivity contribution in [3.63, 3.8) is 0 Å². The van der Waals surface area contributed by atoms with Gasteiger partial charge in [0, 0.05) is 18.7 Å². The molecule has 0 bridgehead atoms. The summed E-state index contributed by atoms with van der Waals surface area (Å²) < 4.78 is 0. The molecule has 2 rings (SSSR count). The van der Waals surface area contributed by atoms with Crippen LogP contribution in [0.4, 0.5) is 10.8 Å². The summed E-state index contributed by atoms with van der Waals surface area (Å²) in [6, 6.07) is 3.71. The number of pyridine rings is 1. The number of nitrogens with two attached hydrogens (primary N) is 1. The summed E-state index contributed by atoms with van der Waals surface area (Å²) in [7, 11) is 0. The molecular weight excluding hydrogens is 298 g/mol. The van der Waals surface area contributed by atoms with Gasteiger partial charge in [-0.25, -0.2) is 9.97 Å². The fraction of sp³-hybridized carbons (Fsp3) is 0.167. The Balaban J connectivity index is 2.48. The van der Waals surface area contributed by atoms with Gasteiger partial charge in [0.15, 0.2) is 10.3 Å². The number of thiazole rings is 1. The predicted octanol–water partition coefficient (Wildman–Crippen LogP) is 2.47. The maximum Gasteiger partial charge on any atom is 0.223 e. The molecule has 8 heteroatoms. The Bertz CT molecular complexity index is 706. The maximum atomic E-state index is 11.1. The van der Waals surface area contributed by atoms with E-state index in [4.69, 9.17) is 22.6 Å². The van der Waals surface area contributed by atoms with Crippen molar-refractivity contribution in [1.82, 2.24) is 9.97 Å². The standard InChI is InChI=1S/C12H10ClN5OS/c1-6(19)17-12-18-9(2-3-14)10(20-12)7-4-8(15)11(13)16-5-7/h4-5H,2,15H2,1H3,(H,17,18,19). The molecular formula is C12H10ClN5OS. The second kappa shape index (κ2) is 5.86. The topological polar surface area (TPSA) is 105 Å². The van der Waals surface area contributed by atoms with E-state index in [9.17, 15) is 4.79 Å². The summed E-state index contributed by atoms with van der Waals surface area (Å²) in [4.78, 5) is 20.0. The average molecular weight is 308 g/mol. The Kier molecular flexibility index (Phi) is 4.17. The third-order valence-corrected chi connectivity index (χ3v) is 3.73. The average Bonchev–Trinajstić information content (AvgIpc) is 2.75. The Morgan fingerprint density at radius 1 is 1.65 bits per heavy atom. The summed E-state index contributed by atoms with van der Waals surface area (Å²) in [5, 5.41) is 12.1. The number of hydrogen-bond acceptors (Lipinski definition) is 6. The predicted molar refractivity (Wildman–Crippen MR) is 78.4 cm³/mol. The molecule has 0 saturated carbocycles. The second-order valence-corrected chi connectivity index (χ2v) is 5.27. The van der Waals surface area contributed by atoms with Gasteiger partial charge in [-0.15, -0.1) is 0 Å². The van der Waals surface area contributed by atoms with Crippen molar-refractivity contribution in [2.24, 2.45) is 0 Å². The molecule has 0 saturated heterocycles. The monoisotopic (exact) mass is 307 g/mol. The van der Waals surface area contributed by atoms with E-state index >= 15 is 0 Å². The molecule has 2 aromatic heterocycles. The summed E-state index contributed by atoms with van der Waals surface area (Å²) >= 11 is 7.05. The summed E-state index contributed by atoms with van der Waals surface area (Å²) in [6.45, 7) is 1.40. The smallest absolute Gasteiger partial charge is 0.223 e.